The molecule has 0 amide bonds. The first-order valence-corrected chi connectivity index (χ1v) is 3.89. The van der Waals surface area contributed by atoms with E-state index in [1.807, 2.05) is 13.8 Å². The van der Waals surface area contributed by atoms with Crippen molar-refractivity contribution in [3.63, 3.8) is 0 Å². The summed E-state index contributed by atoms with van der Waals surface area (Å²) in [6.45, 7) is 3.64. The van der Waals surface area contributed by atoms with Crippen LogP contribution in [0.3, 0.4) is 0 Å². The molecule has 0 aliphatic carbocycles. The van der Waals surface area contributed by atoms with Gasteiger partial charge in [-0.1, -0.05) is 19.0 Å². The molecule has 0 atom stereocenters. The standard InChI is InChI=1S/C8H11NO3/c1-3-5-7(8(10)11)6(4-2)12-9-5/h3-4H2,1-2H3,(H,10,11)/p-1. The molecule has 1 aromatic heterocycles. The highest BCUT2D eigenvalue weighted by atomic mass is 16.5. The molecule has 0 aliphatic heterocycles. The topological polar surface area (TPSA) is 66.2 Å². The van der Waals surface area contributed by atoms with Crippen LogP contribution in [-0.4, -0.2) is 11.1 Å². The lowest BCUT2D eigenvalue weighted by Crippen LogP contribution is -2.24. The molecule has 0 saturated heterocycles. The first kappa shape index (κ1) is 8.77. The van der Waals surface area contributed by atoms with E-state index in [-0.39, 0.29) is 5.56 Å². The van der Waals surface area contributed by atoms with Crippen LogP contribution in [0.4, 0.5) is 0 Å². The lowest BCUT2D eigenvalue weighted by Gasteiger charge is -2.00. The third-order valence-corrected chi connectivity index (χ3v) is 1.69. The SMILES string of the molecule is CCc1noc(CC)c1C(=O)[O-]. The maximum absolute atomic E-state index is 10.6. The molecule has 0 radical (unpaired) electrons. The zero-order valence-electron chi connectivity index (χ0n) is 7.09. The third-order valence-electron chi connectivity index (χ3n) is 1.69. The minimum atomic E-state index is -1.20. The van der Waals surface area contributed by atoms with Gasteiger partial charge >= 0.3 is 0 Å². The van der Waals surface area contributed by atoms with E-state index in [0.29, 0.717) is 24.3 Å². The Labute approximate surface area is 70.2 Å². The lowest BCUT2D eigenvalue weighted by atomic mass is 10.1. The average molecular weight is 168 g/mol. The summed E-state index contributed by atoms with van der Waals surface area (Å²) in [4.78, 5) is 10.6. The molecular weight excluding hydrogens is 158 g/mol. The van der Waals surface area contributed by atoms with E-state index in [0.717, 1.165) is 0 Å². The van der Waals surface area contributed by atoms with Crippen LogP contribution < -0.4 is 5.11 Å². The molecule has 0 unspecified atom stereocenters. The number of aryl methyl sites for hydroxylation is 2. The monoisotopic (exact) mass is 168 g/mol. The average Bonchev–Trinajstić information content (AvgIpc) is 2.46. The summed E-state index contributed by atoms with van der Waals surface area (Å²) in [5.74, 6) is -0.809. The molecule has 4 heteroatoms. The summed E-state index contributed by atoms with van der Waals surface area (Å²) in [7, 11) is 0. The summed E-state index contributed by atoms with van der Waals surface area (Å²) in [6, 6.07) is 0. The molecule has 0 fully saturated rings. The quantitative estimate of drug-likeness (QED) is 0.645. The van der Waals surface area contributed by atoms with E-state index in [1.165, 1.54) is 0 Å². The number of carboxylic acid groups (broad SMARTS) is 1. The van der Waals surface area contributed by atoms with Gasteiger partial charge in [0.2, 0.25) is 0 Å². The molecule has 4 nitrogen and oxygen atoms in total. The van der Waals surface area contributed by atoms with Gasteiger partial charge in [-0.15, -0.1) is 0 Å². The van der Waals surface area contributed by atoms with Crippen LogP contribution in [0, 0.1) is 0 Å². The second kappa shape index (κ2) is 3.38. The van der Waals surface area contributed by atoms with Crippen molar-refractivity contribution in [2.24, 2.45) is 0 Å². The van der Waals surface area contributed by atoms with Crippen LogP contribution in [0.1, 0.15) is 35.7 Å². The Kier molecular flexibility index (Phi) is 2.47. The van der Waals surface area contributed by atoms with E-state index in [4.69, 9.17) is 4.52 Å². The number of nitrogens with zero attached hydrogens (tertiary/aromatic N) is 1. The maximum atomic E-state index is 10.6. The summed E-state index contributed by atoms with van der Waals surface area (Å²) in [5.41, 5.74) is 0.590. The largest absolute Gasteiger partial charge is 0.545 e. The highest BCUT2D eigenvalue weighted by molar-refractivity contribution is 5.88. The van der Waals surface area contributed by atoms with Gasteiger partial charge in [0.05, 0.1) is 17.2 Å². The lowest BCUT2D eigenvalue weighted by molar-refractivity contribution is -0.255. The predicted octanol–water partition coefficient (Wildman–Crippen LogP) is 0.163. The number of aromatic carboxylic acids is 1. The fourth-order valence-electron chi connectivity index (χ4n) is 1.08. The van der Waals surface area contributed by atoms with Crippen molar-refractivity contribution in [1.29, 1.82) is 0 Å². The molecule has 1 heterocycles. The second-order valence-electron chi connectivity index (χ2n) is 2.42. The van der Waals surface area contributed by atoms with E-state index < -0.39 is 5.97 Å². The fourth-order valence-corrected chi connectivity index (χ4v) is 1.08. The predicted molar refractivity (Wildman–Crippen MR) is 39.6 cm³/mol. The number of carbonyl (C=O) groups excluding carboxylic acids is 1. The molecule has 12 heavy (non-hydrogen) atoms. The van der Waals surface area contributed by atoms with Crippen LogP contribution in [0.25, 0.3) is 0 Å². The van der Waals surface area contributed by atoms with Crippen LogP contribution in [0.5, 0.6) is 0 Å². The highest BCUT2D eigenvalue weighted by Gasteiger charge is 2.13. The molecule has 0 aromatic carbocycles. The highest BCUT2D eigenvalue weighted by Crippen LogP contribution is 2.14. The number of hydrogen-bond acceptors (Lipinski definition) is 4. The second-order valence-corrected chi connectivity index (χ2v) is 2.42. The summed E-state index contributed by atoms with van der Waals surface area (Å²) >= 11 is 0. The molecule has 0 saturated carbocycles. The van der Waals surface area contributed by atoms with Gasteiger partial charge in [-0.05, 0) is 6.42 Å². The number of hydrogen-bond donors (Lipinski definition) is 0. The van der Waals surface area contributed by atoms with E-state index in [1.54, 1.807) is 0 Å². The van der Waals surface area contributed by atoms with Crippen molar-refractivity contribution in [1.82, 2.24) is 5.16 Å². The van der Waals surface area contributed by atoms with Crippen LogP contribution in [0.15, 0.2) is 4.52 Å². The summed E-state index contributed by atoms with van der Waals surface area (Å²) < 4.78 is 4.83. The zero-order chi connectivity index (χ0) is 9.14. The normalized spacial score (nSPS) is 10.2. The van der Waals surface area contributed by atoms with Crippen LogP contribution in [-0.2, 0) is 12.8 Å². The minimum absolute atomic E-state index is 0.125. The van der Waals surface area contributed by atoms with Crippen LogP contribution in [0.2, 0.25) is 0 Å². The first-order valence-electron chi connectivity index (χ1n) is 3.89. The number of carbonyl (C=O) groups is 1. The van der Waals surface area contributed by atoms with Crippen molar-refractivity contribution in [3.05, 3.63) is 17.0 Å². The van der Waals surface area contributed by atoms with Crippen LogP contribution >= 0.6 is 0 Å². The molecule has 1 rings (SSSR count). The van der Waals surface area contributed by atoms with E-state index in [2.05, 4.69) is 5.16 Å². The van der Waals surface area contributed by atoms with Gasteiger partial charge in [-0.2, -0.15) is 0 Å². The fraction of sp³-hybridized carbons (Fsp3) is 0.500. The van der Waals surface area contributed by atoms with Crippen molar-refractivity contribution in [3.8, 4) is 0 Å². The molecule has 1 aromatic rings. The summed E-state index contributed by atoms with van der Waals surface area (Å²) in [6.07, 6.45) is 1.07. The van der Waals surface area contributed by atoms with Gasteiger partial charge in [-0.25, -0.2) is 0 Å². The van der Waals surface area contributed by atoms with Gasteiger partial charge in [0, 0.05) is 6.42 Å². The molecule has 66 valence electrons. The Hall–Kier alpha value is -1.32. The molecular formula is C8H10NO3-. The van der Waals surface area contributed by atoms with Gasteiger partial charge in [0.25, 0.3) is 0 Å². The zero-order valence-corrected chi connectivity index (χ0v) is 7.09. The van der Waals surface area contributed by atoms with Gasteiger partial charge in [-0.3, -0.25) is 0 Å². The van der Waals surface area contributed by atoms with Gasteiger partial charge in [0.1, 0.15) is 5.76 Å². The first-order chi connectivity index (χ1) is 5.70. The molecule has 0 aliphatic rings. The van der Waals surface area contributed by atoms with Gasteiger partial charge < -0.3 is 14.4 Å². The number of carboxylic acids is 1. The Morgan fingerprint density at radius 3 is 2.58 bits per heavy atom. The van der Waals surface area contributed by atoms with E-state index in [9.17, 15) is 9.90 Å². The molecule has 0 bridgehead atoms. The van der Waals surface area contributed by atoms with Crippen molar-refractivity contribution in [2.75, 3.05) is 0 Å². The number of rotatable bonds is 3. The van der Waals surface area contributed by atoms with Gasteiger partial charge in [0.15, 0.2) is 0 Å². The minimum Gasteiger partial charge on any atom is -0.545 e. The summed E-state index contributed by atoms with van der Waals surface area (Å²) in [5, 5.41) is 14.2. The van der Waals surface area contributed by atoms with E-state index >= 15 is 0 Å². The Balaban J connectivity index is 3.16. The smallest absolute Gasteiger partial charge is 0.145 e. The van der Waals surface area contributed by atoms with Crippen molar-refractivity contribution in [2.45, 2.75) is 26.7 Å². The Morgan fingerprint density at radius 1 is 1.50 bits per heavy atom. The Bertz CT molecular complexity index is 269. The Morgan fingerprint density at radius 2 is 2.17 bits per heavy atom. The number of aromatic nitrogens is 1. The van der Waals surface area contributed by atoms with Crippen molar-refractivity contribution < 1.29 is 14.4 Å². The molecule has 0 spiro atoms. The van der Waals surface area contributed by atoms with Crippen molar-refractivity contribution >= 4 is 5.97 Å². The maximum Gasteiger partial charge on any atom is 0.145 e. The molecule has 0 N–H and O–H groups in total. The third kappa shape index (κ3) is 1.32.